The first-order valence-corrected chi connectivity index (χ1v) is 9.38. The zero-order chi connectivity index (χ0) is 18.4. The molecular formula is C15H21FN3O5P. The highest BCUT2D eigenvalue weighted by Gasteiger charge is 2.45. The van der Waals surface area contributed by atoms with Gasteiger partial charge in [-0.1, -0.05) is 12.1 Å². The number of rotatable bonds is 7. The number of methoxy groups -OCH3 is 1. The smallest absolute Gasteiger partial charge is 0.374 e. The summed E-state index contributed by atoms with van der Waals surface area (Å²) in [6.45, 7) is 3.72. The van der Waals surface area contributed by atoms with Gasteiger partial charge in [0.25, 0.3) is 0 Å². The van der Waals surface area contributed by atoms with E-state index in [9.17, 15) is 13.8 Å². The van der Waals surface area contributed by atoms with E-state index in [1.807, 2.05) is 0 Å². The van der Waals surface area contributed by atoms with Crippen molar-refractivity contribution in [2.45, 2.75) is 25.7 Å². The van der Waals surface area contributed by atoms with Crippen LogP contribution in [0.2, 0.25) is 0 Å². The van der Waals surface area contributed by atoms with Crippen LogP contribution in [0.25, 0.3) is 0 Å². The molecule has 0 amide bonds. The topological polar surface area (TPSA) is 98.2 Å². The molecule has 2 atom stereocenters. The fourth-order valence-corrected chi connectivity index (χ4v) is 4.31. The van der Waals surface area contributed by atoms with Crippen LogP contribution in [0.5, 0.6) is 0 Å². The number of benzene rings is 1. The van der Waals surface area contributed by atoms with Crippen molar-refractivity contribution in [1.82, 2.24) is 10.9 Å². The summed E-state index contributed by atoms with van der Waals surface area (Å²) in [7, 11) is -2.40. The van der Waals surface area contributed by atoms with Gasteiger partial charge in [0.2, 0.25) is 5.84 Å². The summed E-state index contributed by atoms with van der Waals surface area (Å²) in [5.74, 6) is -2.11. The molecule has 138 valence electrons. The summed E-state index contributed by atoms with van der Waals surface area (Å²) in [5.41, 5.74) is 5.89. The van der Waals surface area contributed by atoms with E-state index in [2.05, 4.69) is 20.6 Å². The number of ether oxygens (including phenoxy) is 1. The number of carbonyl (C=O) groups excluding carboxylic acids is 1. The van der Waals surface area contributed by atoms with Crippen molar-refractivity contribution >= 4 is 19.4 Å². The number of nitrogens with zero attached hydrogens (tertiary/aromatic N) is 1. The minimum Gasteiger partial charge on any atom is -0.463 e. The van der Waals surface area contributed by atoms with Crippen LogP contribution in [0.3, 0.4) is 0 Å². The molecule has 1 aromatic carbocycles. The number of hydrogen-bond donors (Lipinski definition) is 2. The molecule has 0 unspecified atom stereocenters. The van der Waals surface area contributed by atoms with Crippen molar-refractivity contribution in [3.63, 3.8) is 0 Å². The maximum atomic E-state index is 13.2. The van der Waals surface area contributed by atoms with Crippen molar-refractivity contribution in [3.05, 3.63) is 35.6 Å². The summed E-state index contributed by atoms with van der Waals surface area (Å²) >= 11 is 0. The summed E-state index contributed by atoms with van der Waals surface area (Å²) < 4.78 is 41.8. The lowest BCUT2D eigenvalue weighted by molar-refractivity contribution is -0.133. The molecule has 2 N–H and O–H groups in total. The molecule has 10 heteroatoms. The molecule has 0 aromatic heterocycles. The normalized spacial score (nSPS) is 20.6. The van der Waals surface area contributed by atoms with E-state index in [1.54, 1.807) is 13.8 Å². The van der Waals surface area contributed by atoms with Crippen LogP contribution in [0.15, 0.2) is 29.3 Å². The molecule has 0 aliphatic carbocycles. The zero-order valence-corrected chi connectivity index (χ0v) is 15.1. The van der Waals surface area contributed by atoms with E-state index >= 15 is 0 Å². The molecular weight excluding hydrogens is 352 g/mol. The van der Waals surface area contributed by atoms with Gasteiger partial charge in [0.1, 0.15) is 11.9 Å². The van der Waals surface area contributed by atoms with Gasteiger partial charge in [-0.05, 0) is 31.5 Å². The maximum Gasteiger partial charge on any atom is 0.374 e. The first-order valence-electron chi connectivity index (χ1n) is 7.77. The molecule has 8 nitrogen and oxygen atoms in total. The van der Waals surface area contributed by atoms with Gasteiger partial charge in [0.15, 0.2) is 5.78 Å². The third-order valence-electron chi connectivity index (χ3n) is 3.45. The van der Waals surface area contributed by atoms with Gasteiger partial charge in [-0.3, -0.25) is 15.0 Å². The van der Waals surface area contributed by atoms with E-state index in [4.69, 9.17) is 9.05 Å². The Morgan fingerprint density at radius 3 is 2.36 bits per heavy atom. The number of amidine groups is 1. The molecule has 25 heavy (non-hydrogen) atoms. The molecule has 0 radical (unpaired) electrons. The summed E-state index contributed by atoms with van der Waals surface area (Å²) in [6, 6.07) is 4.71. The number of carbonyl (C=O) groups is 1. The predicted octanol–water partition coefficient (Wildman–Crippen LogP) is 2.14. The Balaban J connectivity index is 2.47. The second-order valence-corrected chi connectivity index (χ2v) is 7.21. The predicted molar refractivity (Wildman–Crippen MR) is 89.5 cm³/mol. The molecule has 0 saturated heterocycles. The van der Waals surface area contributed by atoms with Gasteiger partial charge >= 0.3 is 13.6 Å². The molecule has 2 rings (SSSR count). The Morgan fingerprint density at radius 2 is 1.84 bits per heavy atom. The van der Waals surface area contributed by atoms with E-state index < -0.39 is 31.2 Å². The van der Waals surface area contributed by atoms with E-state index in [-0.39, 0.29) is 19.0 Å². The Kier molecular flexibility index (Phi) is 6.66. The second kappa shape index (κ2) is 8.53. The lowest BCUT2D eigenvalue weighted by Gasteiger charge is -2.34. The molecule has 1 aliphatic rings. The Hall–Kier alpha value is -1.80. The van der Waals surface area contributed by atoms with E-state index in [0.717, 1.165) is 0 Å². The van der Waals surface area contributed by atoms with Gasteiger partial charge in [-0.25, -0.2) is 14.6 Å². The largest absolute Gasteiger partial charge is 0.463 e. The Bertz CT molecular complexity index is 672. The van der Waals surface area contributed by atoms with Crippen LogP contribution >= 0.6 is 7.60 Å². The third kappa shape index (κ3) is 4.43. The van der Waals surface area contributed by atoms with Gasteiger partial charge in [0.05, 0.1) is 20.3 Å². The Morgan fingerprint density at radius 1 is 1.24 bits per heavy atom. The lowest BCUT2D eigenvalue weighted by atomic mass is 10.1. The second-order valence-electron chi connectivity index (χ2n) is 5.06. The molecule has 1 aliphatic heterocycles. The average molecular weight is 373 g/mol. The molecule has 0 fully saturated rings. The number of nitrogens with one attached hydrogen (secondary N) is 2. The monoisotopic (exact) mass is 373 g/mol. The first-order chi connectivity index (χ1) is 11.9. The summed E-state index contributed by atoms with van der Waals surface area (Å²) in [6.07, 6.45) is 0. The van der Waals surface area contributed by atoms with Crippen molar-refractivity contribution < 1.29 is 27.5 Å². The van der Waals surface area contributed by atoms with Crippen LogP contribution < -0.4 is 10.9 Å². The van der Waals surface area contributed by atoms with Crippen LogP contribution in [0.1, 0.15) is 25.5 Å². The fourth-order valence-electron chi connectivity index (χ4n) is 2.39. The van der Waals surface area contributed by atoms with Crippen molar-refractivity contribution in [3.8, 4) is 0 Å². The van der Waals surface area contributed by atoms with Crippen molar-refractivity contribution in [2.75, 3.05) is 20.3 Å². The quantitative estimate of drug-likeness (QED) is 0.558. The average Bonchev–Trinajstić information content (AvgIpc) is 2.61. The summed E-state index contributed by atoms with van der Waals surface area (Å²) in [4.78, 5) is 16.0. The number of aliphatic imine (C=N–C) groups is 1. The standard InChI is InChI=1S/C15H21FN3O5P/c1-4-23-25(21,24-5-2)14-12(10-6-8-11(16)9-7-10)17-13(18-19-14)15(20)22-3/h6-9,12,14,19H,4-5H2,1-3H3,(H,17,18)/t12-,14-/m0/s1. The Labute approximate surface area is 145 Å². The summed E-state index contributed by atoms with van der Waals surface area (Å²) in [5, 5.41) is 0. The van der Waals surface area contributed by atoms with Gasteiger partial charge in [0, 0.05) is 0 Å². The SMILES string of the molecule is CCOP(=O)(OCC)[C@@H]1NNC(C(=O)OC)=N[C@H]1c1ccc(F)cc1. The minimum absolute atomic E-state index is 0.0902. The molecule has 0 spiro atoms. The molecule has 0 saturated carbocycles. The number of hydrogen-bond acceptors (Lipinski definition) is 8. The van der Waals surface area contributed by atoms with Crippen molar-refractivity contribution in [2.24, 2.45) is 4.99 Å². The zero-order valence-electron chi connectivity index (χ0n) is 14.2. The number of hydrazine groups is 1. The van der Waals surface area contributed by atoms with E-state index in [1.165, 1.54) is 31.4 Å². The van der Waals surface area contributed by atoms with Crippen LogP contribution in [0, 0.1) is 5.82 Å². The highest BCUT2D eigenvalue weighted by atomic mass is 31.2. The first kappa shape index (κ1) is 19.5. The van der Waals surface area contributed by atoms with Crippen LogP contribution in [-0.4, -0.2) is 37.9 Å². The molecule has 1 aromatic rings. The van der Waals surface area contributed by atoms with E-state index in [0.29, 0.717) is 5.56 Å². The van der Waals surface area contributed by atoms with Crippen molar-refractivity contribution in [1.29, 1.82) is 0 Å². The number of halogens is 1. The fraction of sp³-hybridized carbons (Fsp3) is 0.467. The van der Waals surface area contributed by atoms with Crippen LogP contribution in [0.4, 0.5) is 4.39 Å². The van der Waals surface area contributed by atoms with Crippen LogP contribution in [-0.2, 0) is 23.1 Å². The third-order valence-corrected chi connectivity index (χ3v) is 5.78. The van der Waals surface area contributed by atoms with Gasteiger partial charge in [-0.15, -0.1) is 0 Å². The molecule has 1 heterocycles. The maximum absolute atomic E-state index is 13.2. The lowest BCUT2D eigenvalue weighted by Crippen LogP contribution is -2.53. The molecule has 0 bridgehead atoms. The highest BCUT2D eigenvalue weighted by molar-refractivity contribution is 7.54. The highest BCUT2D eigenvalue weighted by Crippen LogP contribution is 2.56. The number of esters is 1. The van der Waals surface area contributed by atoms with Gasteiger partial charge in [-0.2, -0.15) is 0 Å². The minimum atomic E-state index is -3.62. The van der Waals surface area contributed by atoms with Gasteiger partial charge < -0.3 is 13.8 Å².